The molecule has 5 nitrogen and oxygen atoms in total. The first-order valence-corrected chi connectivity index (χ1v) is 6.82. The number of hydrogen-bond acceptors (Lipinski definition) is 3. The van der Waals surface area contributed by atoms with Crippen molar-refractivity contribution in [3.63, 3.8) is 0 Å². The summed E-state index contributed by atoms with van der Waals surface area (Å²) >= 11 is 0. The Kier molecular flexibility index (Phi) is 4.97. The number of aromatic nitrogens is 2. The molecule has 1 heterocycles. The number of nitrogen functional groups attached to an aromatic ring is 1. The van der Waals surface area contributed by atoms with Crippen LogP contribution in [0.5, 0.6) is 0 Å². The minimum Gasteiger partial charge on any atom is -0.395 e. The molecule has 0 radical (unpaired) electrons. The van der Waals surface area contributed by atoms with Crippen LogP contribution in [0.25, 0.3) is 0 Å². The van der Waals surface area contributed by atoms with E-state index in [-0.39, 0.29) is 5.91 Å². The van der Waals surface area contributed by atoms with Gasteiger partial charge in [0.25, 0.3) is 5.91 Å². The van der Waals surface area contributed by atoms with Crippen molar-refractivity contribution in [1.29, 1.82) is 0 Å². The summed E-state index contributed by atoms with van der Waals surface area (Å²) in [6, 6.07) is 0. The Morgan fingerprint density at radius 1 is 1.26 bits per heavy atom. The molecule has 0 saturated heterocycles. The van der Waals surface area contributed by atoms with Crippen LogP contribution in [-0.4, -0.2) is 33.7 Å². The second kappa shape index (κ2) is 6.08. The minimum absolute atomic E-state index is 0.0250. The van der Waals surface area contributed by atoms with Gasteiger partial charge in [-0.25, -0.2) is 0 Å². The van der Waals surface area contributed by atoms with Crippen molar-refractivity contribution < 1.29 is 4.79 Å². The molecule has 5 heteroatoms. The molecule has 0 aliphatic carbocycles. The second-order valence-electron chi connectivity index (χ2n) is 5.97. The van der Waals surface area contributed by atoms with Gasteiger partial charge < -0.3 is 10.6 Å². The maximum Gasteiger partial charge on any atom is 0.274 e. The average molecular weight is 266 g/mol. The number of rotatable bonds is 5. The van der Waals surface area contributed by atoms with Gasteiger partial charge in [-0.05, 0) is 18.8 Å². The summed E-state index contributed by atoms with van der Waals surface area (Å²) in [5, 5.41) is 4.22. The predicted molar refractivity (Wildman–Crippen MR) is 77.9 cm³/mol. The van der Waals surface area contributed by atoms with Crippen molar-refractivity contribution in [3.8, 4) is 0 Å². The first-order valence-electron chi connectivity index (χ1n) is 6.82. The first kappa shape index (κ1) is 15.5. The van der Waals surface area contributed by atoms with Crippen LogP contribution < -0.4 is 5.73 Å². The number of anilines is 1. The lowest BCUT2D eigenvalue weighted by Gasteiger charge is -2.26. The van der Waals surface area contributed by atoms with Gasteiger partial charge in [0.05, 0.1) is 11.4 Å². The molecule has 0 aliphatic heterocycles. The predicted octanol–water partition coefficient (Wildman–Crippen LogP) is 2.06. The zero-order valence-corrected chi connectivity index (χ0v) is 12.9. The van der Waals surface area contributed by atoms with Crippen molar-refractivity contribution in [2.24, 2.45) is 18.9 Å². The molecular weight excluding hydrogens is 240 g/mol. The summed E-state index contributed by atoms with van der Waals surface area (Å²) in [4.78, 5) is 14.5. The maximum atomic E-state index is 12.7. The normalized spacial score (nSPS) is 11.4. The van der Waals surface area contributed by atoms with Gasteiger partial charge in [-0.15, -0.1) is 0 Å². The van der Waals surface area contributed by atoms with E-state index in [0.29, 0.717) is 28.9 Å². The van der Waals surface area contributed by atoms with Gasteiger partial charge in [0.1, 0.15) is 5.69 Å². The molecule has 0 fully saturated rings. The largest absolute Gasteiger partial charge is 0.395 e. The molecule has 0 spiro atoms. The summed E-state index contributed by atoms with van der Waals surface area (Å²) in [7, 11) is 1.76. The van der Waals surface area contributed by atoms with Crippen molar-refractivity contribution >= 4 is 11.6 Å². The lowest BCUT2D eigenvalue weighted by Crippen LogP contribution is -2.38. The molecule has 1 rings (SSSR count). The van der Waals surface area contributed by atoms with E-state index in [1.807, 2.05) is 11.8 Å². The zero-order valence-electron chi connectivity index (χ0n) is 12.9. The summed E-state index contributed by atoms with van der Waals surface area (Å²) in [5.41, 5.74) is 7.67. The van der Waals surface area contributed by atoms with E-state index >= 15 is 0 Å². The minimum atomic E-state index is -0.0250. The zero-order chi connectivity index (χ0) is 14.7. The van der Waals surface area contributed by atoms with Crippen LogP contribution in [0, 0.1) is 18.8 Å². The van der Waals surface area contributed by atoms with E-state index in [1.54, 1.807) is 11.7 Å². The molecule has 0 aromatic carbocycles. The van der Waals surface area contributed by atoms with E-state index in [1.165, 1.54) is 0 Å². The highest BCUT2D eigenvalue weighted by atomic mass is 16.2. The highest BCUT2D eigenvalue weighted by molar-refractivity contribution is 5.98. The molecule has 0 saturated carbocycles. The fraction of sp³-hybridized carbons (Fsp3) is 0.714. The standard InChI is InChI=1S/C14H26N4O/c1-9(2)7-18(8-10(3)4)14(19)13-12(15)11(5)16-17(13)6/h9-10H,7-8,15H2,1-6H3. The van der Waals surface area contributed by atoms with Gasteiger partial charge in [-0.2, -0.15) is 5.10 Å². The van der Waals surface area contributed by atoms with Gasteiger partial charge in [0, 0.05) is 20.1 Å². The van der Waals surface area contributed by atoms with E-state index in [2.05, 4.69) is 32.8 Å². The number of hydrogen-bond donors (Lipinski definition) is 1. The fourth-order valence-corrected chi connectivity index (χ4v) is 2.20. The van der Waals surface area contributed by atoms with Crippen molar-refractivity contribution in [3.05, 3.63) is 11.4 Å². The first-order chi connectivity index (χ1) is 8.73. The van der Waals surface area contributed by atoms with Crippen molar-refractivity contribution in [2.45, 2.75) is 34.6 Å². The molecule has 0 aliphatic rings. The Hall–Kier alpha value is -1.52. The molecular formula is C14H26N4O. The Balaban J connectivity index is 3.04. The summed E-state index contributed by atoms with van der Waals surface area (Å²) in [6.07, 6.45) is 0. The van der Waals surface area contributed by atoms with Crippen molar-refractivity contribution in [1.82, 2.24) is 14.7 Å². The van der Waals surface area contributed by atoms with Crippen LogP contribution in [-0.2, 0) is 7.05 Å². The molecule has 0 unspecified atom stereocenters. The van der Waals surface area contributed by atoms with Crippen LogP contribution in [0.4, 0.5) is 5.69 Å². The Bertz CT molecular complexity index is 439. The van der Waals surface area contributed by atoms with Crippen LogP contribution >= 0.6 is 0 Å². The smallest absolute Gasteiger partial charge is 0.274 e. The van der Waals surface area contributed by atoms with E-state index in [0.717, 1.165) is 13.1 Å². The van der Waals surface area contributed by atoms with Crippen molar-refractivity contribution in [2.75, 3.05) is 18.8 Å². The Morgan fingerprint density at radius 3 is 2.05 bits per heavy atom. The number of aryl methyl sites for hydroxylation is 2. The molecule has 19 heavy (non-hydrogen) atoms. The number of carbonyl (C=O) groups is 1. The van der Waals surface area contributed by atoms with Gasteiger partial charge in [0.15, 0.2) is 0 Å². The van der Waals surface area contributed by atoms with Gasteiger partial charge in [-0.1, -0.05) is 27.7 Å². The van der Waals surface area contributed by atoms with E-state index < -0.39 is 0 Å². The third-order valence-electron chi connectivity index (χ3n) is 2.93. The lowest BCUT2D eigenvalue weighted by atomic mass is 10.1. The van der Waals surface area contributed by atoms with Crippen LogP contribution in [0.2, 0.25) is 0 Å². The van der Waals surface area contributed by atoms with Gasteiger partial charge in [0.2, 0.25) is 0 Å². The lowest BCUT2D eigenvalue weighted by molar-refractivity contribution is 0.0705. The number of amides is 1. The quantitative estimate of drug-likeness (QED) is 0.887. The SMILES string of the molecule is Cc1nn(C)c(C(=O)N(CC(C)C)CC(C)C)c1N. The molecule has 108 valence electrons. The molecule has 1 amide bonds. The van der Waals surface area contributed by atoms with Crippen LogP contribution in [0.15, 0.2) is 0 Å². The number of nitrogens with two attached hydrogens (primary N) is 1. The second-order valence-corrected chi connectivity index (χ2v) is 5.97. The number of nitrogens with zero attached hydrogens (tertiary/aromatic N) is 3. The molecule has 0 atom stereocenters. The molecule has 1 aromatic heterocycles. The highest BCUT2D eigenvalue weighted by Gasteiger charge is 2.24. The summed E-state index contributed by atoms with van der Waals surface area (Å²) in [5.74, 6) is 0.833. The maximum absolute atomic E-state index is 12.7. The van der Waals surface area contributed by atoms with E-state index in [4.69, 9.17) is 5.73 Å². The fourth-order valence-electron chi connectivity index (χ4n) is 2.20. The third kappa shape index (κ3) is 3.72. The van der Waals surface area contributed by atoms with Crippen LogP contribution in [0.1, 0.15) is 43.9 Å². The summed E-state index contributed by atoms with van der Waals surface area (Å²) in [6.45, 7) is 11.7. The Morgan fingerprint density at radius 2 is 1.74 bits per heavy atom. The third-order valence-corrected chi connectivity index (χ3v) is 2.93. The molecule has 1 aromatic rings. The Labute approximate surface area is 115 Å². The highest BCUT2D eigenvalue weighted by Crippen LogP contribution is 2.18. The van der Waals surface area contributed by atoms with Gasteiger partial charge in [-0.3, -0.25) is 9.48 Å². The average Bonchev–Trinajstić information content (AvgIpc) is 2.50. The topological polar surface area (TPSA) is 64.2 Å². The monoisotopic (exact) mass is 266 g/mol. The molecule has 2 N–H and O–H groups in total. The van der Waals surface area contributed by atoms with Crippen LogP contribution in [0.3, 0.4) is 0 Å². The number of carbonyl (C=O) groups excluding carboxylic acids is 1. The summed E-state index contributed by atoms with van der Waals surface area (Å²) < 4.78 is 1.58. The molecule has 0 bridgehead atoms. The van der Waals surface area contributed by atoms with Gasteiger partial charge >= 0.3 is 0 Å². The van der Waals surface area contributed by atoms with E-state index in [9.17, 15) is 4.79 Å².